The fraction of sp³-hybridized carbons (Fsp3) is 0.556. The van der Waals surface area contributed by atoms with Gasteiger partial charge in [-0.1, -0.05) is 37.3 Å². The second-order valence-corrected chi connectivity index (χ2v) is 5.56. The summed E-state index contributed by atoms with van der Waals surface area (Å²) in [6, 6.07) is 10.5. The van der Waals surface area contributed by atoms with E-state index in [1.54, 1.807) is 0 Å². The number of nitrogens with zero attached hydrogens (tertiary/aromatic N) is 1. The Morgan fingerprint density at radius 2 is 1.59 bits per heavy atom. The van der Waals surface area contributed by atoms with Crippen LogP contribution < -0.4 is 5.26 Å². The molecule has 0 aliphatic heterocycles. The molecule has 0 atom stereocenters. The third-order valence-electron chi connectivity index (χ3n) is 2.72. The lowest BCUT2D eigenvalue weighted by atomic mass is 10.2. The average Bonchev–Trinajstić information content (AvgIpc) is 2.53. The number of rotatable bonds is 6. The Balaban J connectivity index is 0. The molecule has 4 heteroatoms. The van der Waals surface area contributed by atoms with Gasteiger partial charge in [0.1, 0.15) is 0 Å². The molecule has 0 saturated carbocycles. The molecule has 0 aliphatic carbocycles. The molecule has 0 radical (unpaired) electrons. The topological polar surface area (TPSA) is 41.5 Å². The minimum absolute atomic E-state index is 0.0694. The lowest BCUT2D eigenvalue weighted by molar-refractivity contribution is -0.868. The van der Waals surface area contributed by atoms with E-state index in [9.17, 15) is 5.26 Å². The first-order valence-electron chi connectivity index (χ1n) is 7.76. The molecule has 0 spiro atoms. The summed E-state index contributed by atoms with van der Waals surface area (Å²) >= 11 is 0. The van der Waals surface area contributed by atoms with Crippen molar-refractivity contribution in [3.8, 4) is 0 Å². The number of benzene rings is 1. The van der Waals surface area contributed by atoms with Gasteiger partial charge in [0.25, 0.3) is 0 Å². The summed E-state index contributed by atoms with van der Waals surface area (Å²) in [5.41, 5.74) is 1.41. The molecule has 0 aliphatic rings. The van der Waals surface area contributed by atoms with Gasteiger partial charge >= 0.3 is 0 Å². The van der Waals surface area contributed by atoms with E-state index < -0.39 is 0 Å². The van der Waals surface area contributed by atoms with Crippen molar-refractivity contribution in [3.05, 3.63) is 48.2 Å². The molecule has 4 nitrogen and oxygen atoms in total. The predicted molar refractivity (Wildman–Crippen MR) is 91.1 cm³/mol. The smallest absolute Gasteiger partial charge is 0.0845 e. The summed E-state index contributed by atoms with van der Waals surface area (Å²) in [4.78, 5) is 3.47. The minimum atomic E-state index is 0.0694. The van der Waals surface area contributed by atoms with E-state index in [1.807, 2.05) is 13.0 Å². The molecular weight excluding hydrogens is 278 g/mol. The maximum absolute atomic E-state index is 9.29. The Hall–Kier alpha value is -1.36. The summed E-state index contributed by atoms with van der Waals surface area (Å²) in [6.07, 6.45) is 4.09. The van der Waals surface area contributed by atoms with Gasteiger partial charge in [-0.3, -0.25) is 0 Å². The van der Waals surface area contributed by atoms with Gasteiger partial charge in [-0.2, -0.15) is 0 Å². The Morgan fingerprint density at radius 1 is 1.05 bits per heavy atom. The van der Waals surface area contributed by atoms with Crippen molar-refractivity contribution in [3.63, 3.8) is 0 Å². The van der Waals surface area contributed by atoms with Gasteiger partial charge in [0.05, 0.1) is 47.2 Å². The zero-order chi connectivity index (χ0) is 17.3. The fourth-order valence-corrected chi connectivity index (χ4v) is 0.957. The highest BCUT2D eigenvalue weighted by Crippen LogP contribution is 1.96. The van der Waals surface area contributed by atoms with Gasteiger partial charge in [0, 0.05) is 0 Å². The number of ether oxygens (including phenoxy) is 1. The number of aryl methyl sites for hydroxylation is 1. The van der Waals surface area contributed by atoms with Gasteiger partial charge in [0.15, 0.2) is 0 Å². The van der Waals surface area contributed by atoms with E-state index in [2.05, 4.69) is 64.1 Å². The van der Waals surface area contributed by atoms with Crippen LogP contribution in [-0.4, -0.2) is 45.4 Å². The average molecular weight is 311 g/mol. The first-order chi connectivity index (χ1) is 10.4. The molecule has 0 saturated heterocycles. The van der Waals surface area contributed by atoms with Crippen LogP contribution in [0.5, 0.6) is 0 Å². The Bertz CT molecular complexity index is 337. The lowest BCUT2D eigenvalue weighted by Gasteiger charge is -2.20. The minimum Gasteiger partial charge on any atom is -0.723 e. The van der Waals surface area contributed by atoms with Gasteiger partial charge in [-0.25, -0.2) is 0 Å². The van der Waals surface area contributed by atoms with Gasteiger partial charge < -0.3 is 19.4 Å². The van der Waals surface area contributed by atoms with E-state index in [4.69, 9.17) is 4.74 Å². The van der Waals surface area contributed by atoms with Crippen LogP contribution in [0.1, 0.15) is 26.3 Å². The largest absolute Gasteiger partial charge is 0.723 e. The van der Waals surface area contributed by atoms with Crippen LogP contribution >= 0.6 is 0 Å². The zero-order valence-corrected chi connectivity index (χ0v) is 15.0. The van der Waals surface area contributed by atoms with E-state index in [0.717, 1.165) is 10.9 Å². The highest BCUT2D eigenvalue weighted by Gasteiger charge is 1.97. The molecule has 128 valence electrons. The predicted octanol–water partition coefficient (Wildman–Crippen LogP) is 2.79. The summed E-state index contributed by atoms with van der Waals surface area (Å²) < 4.78 is 5.81. The molecule has 0 unspecified atom stereocenters. The number of hydrogen-bond donors (Lipinski definition) is 0. The third-order valence-corrected chi connectivity index (χ3v) is 2.72. The van der Waals surface area contributed by atoms with Crippen molar-refractivity contribution in [2.45, 2.75) is 27.2 Å². The maximum atomic E-state index is 9.29. The van der Waals surface area contributed by atoms with Crippen LogP contribution in [0.4, 0.5) is 0 Å². The van der Waals surface area contributed by atoms with E-state index in [1.165, 1.54) is 24.4 Å². The monoisotopic (exact) mass is 311 g/mol. The quantitative estimate of drug-likeness (QED) is 0.351. The van der Waals surface area contributed by atoms with Crippen molar-refractivity contribution in [2.75, 3.05) is 40.9 Å². The molecule has 1 aromatic carbocycles. The zero-order valence-electron chi connectivity index (χ0n) is 15.0. The third kappa shape index (κ3) is 20.9. The standard InChI is InChI=1S/C8H10.C5H14N.C5H10O3/c1-2-8-6-4-3-5-7-8;1-5-6(2,3)4;1-2-7-4-3-5-8-6/h3-7H,2H2,1H3;5H2,1-4H3;3-4,6H,2,5H2,1H3/q;+1;/p-1/b;;4-3+. The van der Waals surface area contributed by atoms with Crippen molar-refractivity contribution in [1.29, 1.82) is 0 Å². The molecule has 0 N–H and O–H groups in total. The van der Waals surface area contributed by atoms with Crippen molar-refractivity contribution in [1.82, 2.24) is 0 Å². The molecule has 22 heavy (non-hydrogen) atoms. The summed E-state index contributed by atoms with van der Waals surface area (Å²) in [6.45, 7) is 8.10. The van der Waals surface area contributed by atoms with Gasteiger partial charge in [-0.15, -0.1) is 0 Å². The van der Waals surface area contributed by atoms with Crippen LogP contribution in [0, 0.1) is 0 Å². The van der Waals surface area contributed by atoms with Gasteiger partial charge in [-0.05, 0) is 31.9 Å². The summed E-state index contributed by atoms with van der Waals surface area (Å²) in [5, 5.41) is 9.29. The Labute approximate surface area is 136 Å². The SMILES string of the molecule is CCO/C=C/CO[O-].CC[N+](C)(C)C.CCc1ccccc1. The highest BCUT2D eigenvalue weighted by molar-refractivity contribution is 5.13. The molecule has 1 aromatic rings. The maximum Gasteiger partial charge on any atom is 0.0845 e. The van der Waals surface area contributed by atoms with Crippen LogP contribution in [0.2, 0.25) is 0 Å². The summed E-state index contributed by atoms with van der Waals surface area (Å²) in [7, 11) is 6.54. The Morgan fingerprint density at radius 3 is 1.91 bits per heavy atom. The number of quaternary nitrogens is 1. The van der Waals surface area contributed by atoms with Gasteiger partial charge in [0.2, 0.25) is 0 Å². The van der Waals surface area contributed by atoms with Crippen LogP contribution in [-0.2, 0) is 16.0 Å². The van der Waals surface area contributed by atoms with Crippen molar-refractivity contribution < 1.29 is 19.4 Å². The fourth-order valence-electron chi connectivity index (χ4n) is 0.957. The van der Waals surface area contributed by atoms with Crippen molar-refractivity contribution in [2.24, 2.45) is 0 Å². The van der Waals surface area contributed by atoms with Crippen LogP contribution in [0.3, 0.4) is 0 Å². The summed E-state index contributed by atoms with van der Waals surface area (Å²) in [5.74, 6) is 0. The second-order valence-electron chi connectivity index (χ2n) is 5.56. The van der Waals surface area contributed by atoms with E-state index >= 15 is 0 Å². The molecule has 0 amide bonds. The molecular formula is C18H33NO3. The normalized spacial score (nSPS) is 10.3. The number of hydrogen-bond acceptors (Lipinski definition) is 3. The Kier molecular flexibility index (Phi) is 16.7. The highest BCUT2D eigenvalue weighted by atomic mass is 17.1. The van der Waals surface area contributed by atoms with Crippen LogP contribution in [0.25, 0.3) is 0 Å². The lowest BCUT2D eigenvalue weighted by Crippen LogP contribution is -2.33. The van der Waals surface area contributed by atoms with E-state index in [-0.39, 0.29) is 6.61 Å². The molecule has 1 rings (SSSR count). The molecule has 0 fully saturated rings. The second kappa shape index (κ2) is 16.0. The first kappa shape index (κ1) is 22.9. The van der Waals surface area contributed by atoms with E-state index in [0.29, 0.717) is 6.61 Å². The van der Waals surface area contributed by atoms with Crippen molar-refractivity contribution >= 4 is 0 Å². The van der Waals surface area contributed by atoms with Crippen LogP contribution in [0.15, 0.2) is 42.7 Å². The molecule has 0 heterocycles. The first-order valence-corrected chi connectivity index (χ1v) is 7.76. The molecule has 0 aromatic heterocycles. The molecule has 0 bridgehead atoms.